The molecule has 1 saturated heterocycles. The minimum Gasteiger partial charge on any atom is -0.462 e. The van der Waals surface area contributed by atoms with Crippen molar-refractivity contribution in [1.29, 1.82) is 0 Å². The number of ketones is 1. The minimum atomic E-state index is -0.397. The van der Waals surface area contributed by atoms with Gasteiger partial charge in [-0.05, 0) is 46.1 Å². The molecule has 23 heavy (non-hydrogen) atoms. The summed E-state index contributed by atoms with van der Waals surface area (Å²) >= 11 is 0. The zero-order valence-corrected chi connectivity index (χ0v) is 14.3. The number of aryl methyl sites for hydroxylation is 1. The first-order valence-electron chi connectivity index (χ1n) is 8.19. The normalized spacial score (nSPS) is 18.0. The van der Waals surface area contributed by atoms with E-state index in [0.29, 0.717) is 55.1 Å². The van der Waals surface area contributed by atoms with Crippen molar-refractivity contribution in [2.45, 2.75) is 52.7 Å². The van der Waals surface area contributed by atoms with E-state index in [1.54, 1.807) is 20.8 Å². The number of carbonyl (C=O) groups is 2. The van der Waals surface area contributed by atoms with Gasteiger partial charge in [0.05, 0.1) is 30.0 Å². The third kappa shape index (κ3) is 3.64. The number of likely N-dealkylation sites (tertiary alicyclic amines) is 1. The standard InChI is InChI=1S/C17H26N2O4/c1-5-23-17(22)14-10(2)15(18-11(14)3)16(21)12(4)19-8-6-13(20)7-9-19/h12-13,18,20H,5-9H2,1-4H3/t12-/m1/s1. The van der Waals surface area contributed by atoms with Gasteiger partial charge in [-0.2, -0.15) is 0 Å². The Hall–Kier alpha value is -1.66. The Labute approximate surface area is 136 Å². The number of nitrogens with zero attached hydrogens (tertiary/aromatic N) is 1. The summed E-state index contributed by atoms with van der Waals surface area (Å²) in [5.74, 6) is -0.427. The number of H-pyrrole nitrogens is 1. The maximum absolute atomic E-state index is 12.8. The van der Waals surface area contributed by atoms with E-state index in [-0.39, 0.29) is 17.9 Å². The van der Waals surface area contributed by atoms with Gasteiger partial charge in [-0.3, -0.25) is 9.69 Å². The van der Waals surface area contributed by atoms with E-state index in [2.05, 4.69) is 9.88 Å². The number of carbonyl (C=O) groups excluding carboxylic acids is 2. The molecule has 0 amide bonds. The van der Waals surface area contributed by atoms with Gasteiger partial charge in [-0.25, -0.2) is 4.79 Å². The Morgan fingerprint density at radius 1 is 1.35 bits per heavy atom. The van der Waals surface area contributed by atoms with Crippen molar-refractivity contribution in [3.05, 3.63) is 22.5 Å². The van der Waals surface area contributed by atoms with Crippen molar-refractivity contribution >= 4 is 11.8 Å². The monoisotopic (exact) mass is 322 g/mol. The largest absolute Gasteiger partial charge is 0.462 e. The molecule has 0 aliphatic carbocycles. The average Bonchev–Trinajstić information content (AvgIpc) is 2.81. The highest BCUT2D eigenvalue weighted by Gasteiger charge is 2.30. The quantitative estimate of drug-likeness (QED) is 0.638. The lowest BCUT2D eigenvalue weighted by Gasteiger charge is -2.33. The second-order valence-corrected chi connectivity index (χ2v) is 6.15. The molecule has 2 heterocycles. The molecule has 1 aliphatic heterocycles. The number of Topliss-reactive ketones (excluding diaryl/α,β-unsaturated/α-hetero) is 1. The van der Waals surface area contributed by atoms with E-state index in [1.165, 1.54) is 0 Å². The van der Waals surface area contributed by atoms with Crippen molar-refractivity contribution < 1.29 is 19.4 Å². The highest BCUT2D eigenvalue weighted by atomic mass is 16.5. The van der Waals surface area contributed by atoms with Crippen molar-refractivity contribution in [1.82, 2.24) is 9.88 Å². The number of aliphatic hydroxyl groups excluding tert-OH is 1. The van der Waals surface area contributed by atoms with Crippen LogP contribution in [0.3, 0.4) is 0 Å². The highest BCUT2D eigenvalue weighted by molar-refractivity contribution is 6.03. The number of rotatable bonds is 5. The Bertz CT molecular complexity index is 586. The van der Waals surface area contributed by atoms with Crippen LogP contribution >= 0.6 is 0 Å². The molecule has 1 atom stereocenters. The van der Waals surface area contributed by atoms with Crippen LogP contribution in [0.1, 0.15) is 58.8 Å². The molecule has 1 fully saturated rings. The van der Waals surface area contributed by atoms with E-state index in [1.807, 2.05) is 6.92 Å². The van der Waals surface area contributed by atoms with Gasteiger partial charge >= 0.3 is 5.97 Å². The molecule has 0 saturated carbocycles. The second kappa shape index (κ2) is 7.27. The Balaban J connectivity index is 2.19. The number of aliphatic hydroxyl groups is 1. The Kier molecular flexibility index (Phi) is 5.59. The molecule has 0 bridgehead atoms. The summed E-state index contributed by atoms with van der Waals surface area (Å²) in [5, 5.41) is 9.59. The van der Waals surface area contributed by atoms with Gasteiger partial charge in [-0.15, -0.1) is 0 Å². The van der Waals surface area contributed by atoms with Crippen LogP contribution in [-0.2, 0) is 4.74 Å². The van der Waals surface area contributed by atoms with E-state index in [4.69, 9.17) is 4.74 Å². The van der Waals surface area contributed by atoms with E-state index in [0.717, 1.165) is 0 Å². The zero-order valence-electron chi connectivity index (χ0n) is 14.3. The summed E-state index contributed by atoms with van der Waals surface area (Å²) < 4.78 is 5.06. The number of piperidine rings is 1. The Morgan fingerprint density at radius 3 is 2.52 bits per heavy atom. The van der Waals surface area contributed by atoms with Gasteiger partial charge in [-0.1, -0.05) is 0 Å². The van der Waals surface area contributed by atoms with Crippen LogP contribution in [0.25, 0.3) is 0 Å². The first-order chi connectivity index (χ1) is 10.9. The molecule has 128 valence electrons. The molecule has 6 heteroatoms. The molecular weight excluding hydrogens is 296 g/mol. The third-order valence-corrected chi connectivity index (χ3v) is 4.59. The SMILES string of the molecule is CCOC(=O)c1c(C)[nH]c(C(=O)[C@@H](C)N2CCC(O)CC2)c1C. The fourth-order valence-corrected chi connectivity index (χ4v) is 3.15. The van der Waals surface area contributed by atoms with E-state index >= 15 is 0 Å². The topological polar surface area (TPSA) is 82.6 Å². The number of esters is 1. The second-order valence-electron chi connectivity index (χ2n) is 6.15. The molecule has 1 aliphatic rings. The number of aromatic nitrogens is 1. The Morgan fingerprint density at radius 2 is 1.96 bits per heavy atom. The zero-order chi connectivity index (χ0) is 17.1. The molecule has 0 unspecified atom stereocenters. The van der Waals surface area contributed by atoms with Gasteiger partial charge in [0.25, 0.3) is 0 Å². The predicted octanol–water partition coefficient (Wildman–Crippen LogP) is 1.84. The smallest absolute Gasteiger partial charge is 0.340 e. The van der Waals surface area contributed by atoms with Crippen LogP contribution in [0.5, 0.6) is 0 Å². The minimum absolute atomic E-state index is 0.0301. The molecule has 6 nitrogen and oxygen atoms in total. The lowest BCUT2D eigenvalue weighted by molar-refractivity contribution is 0.0524. The van der Waals surface area contributed by atoms with E-state index in [9.17, 15) is 14.7 Å². The van der Waals surface area contributed by atoms with Crippen LogP contribution in [0, 0.1) is 13.8 Å². The van der Waals surface area contributed by atoms with Crippen LogP contribution in [0.2, 0.25) is 0 Å². The summed E-state index contributed by atoms with van der Waals surface area (Å²) in [6, 6.07) is -0.283. The fourth-order valence-electron chi connectivity index (χ4n) is 3.15. The molecule has 0 aromatic carbocycles. The molecule has 0 spiro atoms. The maximum Gasteiger partial charge on any atom is 0.340 e. The van der Waals surface area contributed by atoms with Crippen LogP contribution in [0.4, 0.5) is 0 Å². The van der Waals surface area contributed by atoms with Gasteiger partial charge < -0.3 is 14.8 Å². The summed E-state index contributed by atoms with van der Waals surface area (Å²) in [4.78, 5) is 30.0. The van der Waals surface area contributed by atoms with Crippen LogP contribution in [-0.4, -0.2) is 58.6 Å². The summed E-state index contributed by atoms with van der Waals surface area (Å²) in [6.45, 7) is 8.90. The third-order valence-electron chi connectivity index (χ3n) is 4.59. The lowest BCUT2D eigenvalue weighted by atomic mass is 10.0. The number of hydrogen-bond donors (Lipinski definition) is 2. The number of nitrogens with one attached hydrogen (secondary N) is 1. The molecule has 0 radical (unpaired) electrons. The van der Waals surface area contributed by atoms with Crippen molar-refractivity contribution in [2.24, 2.45) is 0 Å². The first kappa shape index (κ1) is 17.7. The predicted molar refractivity (Wildman–Crippen MR) is 86.8 cm³/mol. The maximum atomic E-state index is 12.8. The molecule has 2 rings (SSSR count). The van der Waals surface area contributed by atoms with Gasteiger partial charge in [0.15, 0.2) is 5.78 Å². The summed E-state index contributed by atoms with van der Waals surface area (Å²) in [5.41, 5.74) is 2.24. The van der Waals surface area contributed by atoms with Crippen molar-refractivity contribution in [3.63, 3.8) is 0 Å². The summed E-state index contributed by atoms with van der Waals surface area (Å²) in [6.07, 6.45) is 1.11. The van der Waals surface area contributed by atoms with Gasteiger partial charge in [0, 0.05) is 18.8 Å². The van der Waals surface area contributed by atoms with Crippen molar-refractivity contribution in [2.75, 3.05) is 19.7 Å². The highest BCUT2D eigenvalue weighted by Crippen LogP contribution is 2.22. The van der Waals surface area contributed by atoms with Crippen molar-refractivity contribution in [3.8, 4) is 0 Å². The van der Waals surface area contributed by atoms with Crippen LogP contribution in [0.15, 0.2) is 0 Å². The first-order valence-corrected chi connectivity index (χ1v) is 8.19. The number of hydrogen-bond acceptors (Lipinski definition) is 5. The van der Waals surface area contributed by atoms with Gasteiger partial charge in [0.1, 0.15) is 0 Å². The molecule has 2 N–H and O–H groups in total. The summed E-state index contributed by atoms with van der Waals surface area (Å²) in [7, 11) is 0. The molecule has 1 aromatic heterocycles. The number of ether oxygens (including phenoxy) is 1. The van der Waals surface area contributed by atoms with Crippen LogP contribution < -0.4 is 0 Å². The fraction of sp³-hybridized carbons (Fsp3) is 0.647. The van der Waals surface area contributed by atoms with Gasteiger partial charge in [0.2, 0.25) is 0 Å². The number of aromatic amines is 1. The molecule has 1 aromatic rings. The lowest BCUT2D eigenvalue weighted by Crippen LogP contribution is -2.45. The average molecular weight is 322 g/mol. The molecular formula is C17H26N2O4. The van der Waals surface area contributed by atoms with E-state index < -0.39 is 5.97 Å².